The van der Waals surface area contributed by atoms with Crippen molar-refractivity contribution < 1.29 is 4.79 Å². The Hall–Kier alpha value is -3.36. The van der Waals surface area contributed by atoms with Gasteiger partial charge in [-0.1, -0.05) is 20.8 Å². The lowest BCUT2D eigenvalue weighted by molar-refractivity contribution is -0.110. The summed E-state index contributed by atoms with van der Waals surface area (Å²) in [5, 5.41) is 13.3. The highest BCUT2D eigenvalue weighted by molar-refractivity contribution is 5.64. The molecule has 0 fully saturated rings. The van der Waals surface area contributed by atoms with Crippen LogP contribution in [-0.2, 0) is 4.79 Å². The van der Waals surface area contributed by atoms with E-state index in [1.165, 1.54) is 0 Å². The molecule has 1 amide bonds. The lowest BCUT2D eigenvalue weighted by Crippen LogP contribution is -2.28. The summed E-state index contributed by atoms with van der Waals surface area (Å²) >= 11 is 0. The SMILES string of the molecule is CCC(CC(C)C)NC=O.CNc1cc(Nc2cccn(C(C)C)c2=O)nc2c(C)cnn12. The van der Waals surface area contributed by atoms with E-state index >= 15 is 0 Å². The Bertz CT molecular complexity index is 1100. The van der Waals surface area contributed by atoms with E-state index < -0.39 is 0 Å². The summed E-state index contributed by atoms with van der Waals surface area (Å²) in [6.45, 7) is 12.3. The van der Waals surface area contributed by atoms with E-state index in [0.29, 0.717) is 23.5 Å². The van der Waals surface area contributed by atoms with Gasteiger partial charge in [0.2, 0.25) is 6.41 Å². The standard InChI is InChI=1S/C16H20N6O.C8H17NO/c1-10(2)21-7-5-6-12(16(21)23)19-13-8-14(17-4)22-15(20-13)11(3)9-18-22;1-4-8(9-6-10)5-7(2)3/h5-10,17H,1-4H3,(H,19,20);6-8H,4-5H2,1-3H3,(H,9,10). The van der Waals surface area contributed by atoms with Crippen LogP contribution in [0.5, 0.6) is 0 Å². The maximum absolute atomic E-state index is 12.5. The minimum atomic E-state index is -0.0691. The summed E-state index contributed by atoms with van der Waals surface area (Å²) in [6.07, 6.45) is 6.44. The zero-order valence-electron chi connectivity index (χ0n) is 20.7. The molecule has 0 aliphatic heterocycles. The van der Waals surface area contributed by atoms with Crippen molar-refractivity contribution in [1.29, 1.82) is 0 Å². The number of hydrogen-bond donors (Lipinski definition) is 3. The summed E-state index contributed by atoms with van der Waals surface area (Å²) < 4.78 is 3.42. The van der Waals surface area contributed by atoms with Crippen LogP contribution in [0.1, 0.15) is 59.1 Å². The van der Waals surface area contributed by atoms with Crippen molar-refractivity contribution in [3.63, 3.8) is 0 Å². The van der Waals surface area contributed by atoms with Gasteiger partial charge in [-0.15, -0.1) is 0 Å². The van der Waals surface area contributed by atoms with Crippen molar-refractivity contribution in [2.45, 2.75) is 66.5 Å². The molecule has 1 unspecified atom stereocenters. The van der Waals surface area contributed by atoms with Gasteiger partial charge in [-0.05, 0) is 51.7 Å². The lowest BCUT2D eigenvalue weighted by atomic mass is 10.0. The highest BCUT2D eigenvalue weighted by atomic mass is 16.1. The molecular weight excluding hydrogens is 418 g/mol. The van der Waals surface area contributed by atoms with Crippen molar-refractivity contribution in [3.8, 4) is 0 Å². The van der Waals surface area contributed by atoms with Crippen LogP contribution in [0.2, 0.25) is 0 Å². The van der Waals surface area contributed by atoms with Gasteiger partial charge in [0.05, 0.1) is 6.20 Å². The number of carbonyl (C=O) groups excluding carboxylic acids is 1. The Balaban J connectivity index is 0.000000328. The number of pyridine rings is 1. The molecule has 3 heterocycles. The van der Waals surface area contributed by atoms with Gasteiger partial charge in [-0.2, -0.15) is 9.61 Å². The van der Waals surface area contributed by atoms with Crippen molar-refractivity contribution in [1.82, 2.24) is 24.5 Å². The van der Waals surface area contributed by atoms with Gasteiger partial charge in [0, 0.05) is 37.0 Å². The predicted molar refractivity (Wildman–Crippen MR) is 134 cm³/mol. The molecule has 9 heteroatoms. The number of nitrogens with zero attached hydrogens (tertiary/aromatic N) is 4. The van der Waals surface area contributed by atoms with E-state index in [-0.39, 0.29) is 11.6 Å². The largest absolute Gasteiger partial charge is 0.373 e. The molecule has 3 rings (SSSR count). The number of aryl methyl sites for hydroxylation is 1. The molecule has 33 heavy (non-hydrogen) atoms. The smallest absolute Gasteiger partial charge is 0.274 e. The van der Waals surface area contributed by atoms with Gasteiger partial charge >= 0.3 is 0 Å². The van der Waals surface area contributed by atoms with Crippen molar-refractivity contribution in [2.75, 3.05) is 17.7 Å². The van der Waals surface area contributed by atoms with Crippen LogP contribution in [0, 0.1) is 12.8 Å². The first-order chi connectivity index (χ1) is 15.7. The van der Waals surface area contributed by atoms with Gasteiger partial charge in [0.25, 0.3) is 5.56 Å². The molecule has 3 aromatic heterocycles. The molecule has 9 nitrogen and oxygen atoms in total. The highest BCUT2D eigenvalue weighted by Gasteiger charge is 2.11. The number of amides is 1. The molecule has 180 valence electrons. The minimum Gasteiger partial charge on any atom is -0.373 e. The highest BCUT2D eigenvalue weighted by Crippen LogP contribution is 2.20. The second-order valence-electron chi connectivity index (χ2n) is 8.71. The maximum atomic E-state index is 12.5. The number of carbonyl (C=O) groups is 1. The van der Waals surface area contributed by atoms with Crippen LogP contribution in [0.15, 0.2) is 35.4 Å². The number of nitrogens with one attached hydrogen (secondary N) is 3. The number of rotatable bonds is 9. The Kier molecular flexibility index (Phi) is 9.44. The molecule has 0 bridgehead atoms. The molecule has 0 radical (unpaired) electrons. The first kappa shape index (κ1) is 25.9. The topological polar surface area (TPSA) is 105 Å². The summed E-state index contributed by atoms with van der Waals surface area (Å²) in [5.41, 5.74) is 2.15. The van der Waals surface area contributed by atoms with Gasteiger partial charge in [-0.3, -0.25) is 9.59 Å². The zero-order chi connectivity index (χ0) is 24.5. The Morgan fingerprint density at radius 2 is 1.94 bits per heavy atom. The molecule has 0 saturated heterocycles. The Morgan fingerprint density at radius 3 is 2.52 bits per heavy atom. The van der Waals surface area contributed by atoms with Crippen LogP contribution >= 0.6 is 0 Å². The molecule has 0 aliphatic carbocycles. The number of hydrogen-bond acceptors (Lipinski definition) is 6. The number of anilines is 3. The quantitative estimate of drug-likeness (QED) is 0.419. The molecule has 3 aromatic rings. The Morgan fingerprint density at radius 1 is 1.21 bits per heavy atom. The fourth-order valence-corrected chi connectivity index (χ4v) is 3.48. The monoisotopic (exact) mass is 455 g/mol. The van der Waals surface area contributed by atoms with E-state index in [4.69, 9.17) is 0 Å². The maximum Gasteiger partial charge on any atom is 0.274 e. The van der Waals surface area contributed by atoms with Gasteiger partial charge in [0.15, 0.2) is 5.65 Å². The van der Waals surface area contributed by atoms with E-state index in [1.807, 2.05) is 40.0 Å². The average molecular weight is 456 g/mol. The number of aromatic nitrogens is 4. The second kappa shape index (κ2) is 12.0. The predicted octanol–water partition coefficient (Wildman–Crippen LogP) is 4.12. The molecule has 0 aliphatic rings. The third-order valence-electron chi connectivity index (χ3n) is 5.25. The summed E-state index contributed by atoms with van der Waals surface area (Å²) in [4.78, 5) is 27.1. The summed E-state index contributed by atoms with van der Waals surface area (Å²) in [7, 11) is 1.82. The number of fused-ring (bicyclic) bond motifs is 1. The van der Waals surface area contributed by atoms with Crippen LogP contribution in [-0.4, -0.2) is 38.7 Å². The van der Waals surface area contributed by atoms with Crippen LogP contribution in [0.4, 0.5) is 17.3 Å². The fourth-order valence-electron chi connectivity index (χ4n) is 3.48. The first-order valence-electron chi connectivity index (χ1n) is 11.4. The normalized spacial score (nSPS) is 11.8. The van der Waals surface area contributed by atoms with E-state index in [2.05, 4.69) is 46.8 Å². The van der Waals surface area contributed by atoms with Crippen LogP contribution < -0.4 is 21.5 Å². The van der Waals surface area contributed by atoms with Crippen LogP contribution in [0.25, 0.3) is 5.65 Å². The first-order valence-corrected chi connectivity index (χ1v) is 11.4. The third kappa shape index (κ3) is 6.81. The van der Waals surface area contributed by atoms with Gasteiger partial charge in [0.1, 0.15) is 17.3 Å². The van der Waals surface area contributed by atoms with E-state index in [0.717, 1.165) is 36.3 Å². The Labute approximate surface area is 195 Å². The van der Waals surface area contributed by atoms with Gasteiger partial charge in [-0.25, -0.2) is 4.98 Å². The van der Waals surface area contributed by atoms with Crippen molar-refractivity contribution in [2.24, 2.45) is 5.92 Å². The molecule has 0 spiro atoms. The average Bonchev–Trinajstić information content (AvgIpc) is 3.15. The fraction of sp³-hybridized carbons (Fsp3) is 0.500. The second-order valence-corrected chi connectivity index (χ2v) is 8.71. The molecule has 0 aromatic carbocycles. The molecule has 1 atom stereocenters. The zero-order valence-corrected chi connectivity index (χ0v) is 20.7. The van der Waals surface area contributed by atoms with Crippen molar-refractivity contribution in [3.05, 3.63) is 46.5 Å². The summed E-state index contributed by atoms with van der Waals surface area (Å²) in [5.74, 6) is 2.06. The molecular formula is C24H37N7O2. The molecule has 0 saturated carbocycles. The summed E-state index contributed by atoms with van der Waals surface area (Å²) in [6, 6.07) is 5.91. The van der Waals surface area contributed by atoms with Crippen LogP contribution in [0.3, 0.4) is 0 Å². The van der Waals surface area contributed by atoms with E-state index in [1.54, 1.807) is 27.5 Å². The van der Waals surface area contributed by atoms with E-state index in [9.17, 15) is 9.59 Å². The molecule has 3 N–H and O–H groups in total. The third-order valence-corrected chi connectivity index (χ3v) is 5.25. The van der Waals surface area contributed by atoms with Crippen molar-refractivity contribution >= 4 is 29.4 Å². The lowest BCUT2D eigenvalue weighted by Gasteiger charge is -2.15. The van der Waals surface area contributed by atoms with Gasteiger partial charge < -0.3 is 20.5 Å². The minimum absolute atomic E-state index is 0.0691.